The van der Waals surface area contributed by atoms with E-state index in [2.05, 4.69) is 25.3 Å². The molecule has 0 fully saturated rings. The van der Waals surface area contributed by atoms with Crippen molar-refractivity contribution in [3.8, 4) is 5.75 Å². The molecule has 156 valence electrons. The van der Waals surface area contributed by atoms with Crippen molar-refractivity contribution < 1.29 is 22.8 Å². The quantitative estimate of drug-likeness (QED) is 0.408. The van der Waals surface area contributed by atoms with Crippen LogP contribution in [-0.4, -0.2) is 21.3 Å². The fraction of sp³-hybridized carbons (Fsp3) is 0.158. The van der Waals surface area contributed by atoms with Crippen LogP contribution in [0.25, 0.3) is 0 Å². The molecular weight excluding hydrogens is 403 g/mol. The number of alkyl halides is 3. The van der Waals surface area contributed by atoms with Crippen LogP contribution in [0.2, 0.25) is 0 Å². The second kappa shape index (κ2) is 8.23. The topological polar surface area (TPSA) is 102 Å². The first kappa shape index (κ1) is 20.8. The molecule has 0 unspecified atom stereocenters. The molecule has 8 nitrogen and oxygen atoms in total. The molecule has 3 aromatic rings. The third-order valence-electron chi connectivity index (χ3n) is 4.00. The van der Waals surface area contributed by atoms with Gasteiger partial charge in [-0.2, -0.15) is 0 Å². The van der Waals surface area contributed by atoms with Gasteiger partial charge in [0.15, 0.2) is 0 Å². The molecule has 0 aliphatic rings. The van der Waals surface area contributed by atoms with Gasteiger partial charge in [-0.25, -0.2) is 9.97 Å². The van der Waals surface area contributed by atoms with E-state index in [9.17, 15) is 23.3 Å². The minimum Gasteiger partial charge on any atom is -0.406 e. The average Bonchev–Trinajstić information content (AvgIpc) is 2.65. The Morgan fingerprint density at radius 2 is 1.63 bits per heavy atom. The Balaban J connectivity index is 1.89. The van der Waals surface area contributed by atoms with Crippen LogP contribution >= 0.6 is 0 Å². The van der Waals surface area contributed by atoms with Crippen LogP contribution in [-0.2, 0) is 0 Å². The van der Waals surface area contributed by atoms with E-state index < -0.39 is 22.7 Å². The zero-order valence-corrected chi connectivity index (χ0v) is 15.8. The van der Waals surface area contributed by atoms with Crippen LogP contribution in [0, 0.1) is 24.0 Å². The minimum absolute atomic E-state index is 0.0248. The van der Waals surface area contributed by atoms with Crippen molar-refractivity contribution in [3.05, 3.63) is 70.0 Å². The normalized spacial score (nSPS) is 11.1. The molecule has 1 aromatic heterocycles. The molecule has 0 aliphatic carbocycles. The van der Waals surface area contributed by atoms with Crippen molar-refractivity contribution in [1.82, 2.24) is 9.97 Å². The molecule has 0 amide bonds. The van der Waals surface area contributed by atoms with Crippen LogP contribution < -0.4 is 15.4 Å². The van der Waals surface area contributed by atoms with Gasteiger partial charge in [-0.3, -0.25) is 10.1 Å². The van der Waals surface area contributed by atoms with Gasteiger partial charge >= 0.3 is 12.0 Å². The van der Waals surface area contributed by atoms with Crippen LogP contribution in [0.4, 0.5) is 41.9 Å². The van der Waals surface area contributed by atoms with E-state index in [1.54, 1.807) is 0 Å². The summed E-state index contributed by atoms with van der Waals surface area (Å²) < 4.78 is 40.6. The van der Waals surface area contributed by atoms with Crippen LogP contribution in [0.1, 0.15) is 11.1 Å². The summed E-state index contributed by atoms with van der Waals surface area (Å²) in [6.45, 7) is 3.73. The van der Waals surface area contributed by atoms with Crippen LogP contribution in [0.3, 0.4) is 0 Å². The second-order valence-corrected chi connectivity index (χ2v) is 6.32. The fourth-order valence-electron chi connectivity index (χ4n) is 2.61. The predicted octanol–water partition coefficient (Wildman–Crippen LogP) is 5.39. The Hall–Kier alpha value is -3.89. The van der Waals surface area contributed by atoms with E-state index in [0.717, 1.165) is 29.6 Å². The summed E-state index contributed by atoms with van der Waals surface area (Å²) in [5.41, 5.74) is 2.34. The van der Waals surface area contributed by atoms with Gasteiger partial charge in [0.2, 0.25) is 11.6 Å². The fourth-order valence-corrected chi connectivity index (χ4v) is 2.61. The lowest BCUT2D eigenvalue weighted by Gasteiger charge is -2.13. The summed E-state index contributed by atoms with van der Waals surface area (Å²) in [6, 6.07) is 10.3. The average molecular weight is 419 g/mol. The van der Waals surface area contributed by atoms with Crippen molar-refractivity contribution in [2.24, 2.45) is 0 Å². The molecule has 0 bridgehead atoms. The summed E-state index contributed by atoms with van der Waals surface area (Å²) in [4.78, 5) is 18.9. The van der Waals surface area contributed by atoms with Crippen LogP contribution in [0.5, 0.6) is 5.75 Å². The lowest BCUT2D eigenvalue weighted by atomic mass is 10.1. The summed E-state index contributed by atoms with van der Waals surface area (Å²) in [5, 5.41) is 17.4. The minimum atomic E-state index is -4.81. The largest absolute Gasteiger partial charge is 0.573 e. The maximum absolute atomic E-state index is 12.3. The molecule has 0 aliphatic heterocycles. The number of nitrogens with one attached hydrogen (secondary N) is 2. The number of nitrogens with zero attached hydrogens (tertiary/aromatic N) is 3. The number of aryl methyl sites for hydroxylation is 2. The van der Waals surface area contributed by atoms with E-state index in [-0.39, 0.29) is 17.3 Å². The SMILES string of the molecule is Cc1ccc(C)c(Nc2ncnc(Nc3ccc(OC(F)(F)F)cc3)c2[N+](=O)[O-])c1. The molecule has 1 heterocycles. The van der Waals surface area contributed by atoms with E-state index in [1.807, 2.05) is 32.0 Å². The maximum atomic E-state index is 12.3. The number of aromatic nitrogens is 2. The molecule has 2 N–H and O–H groups in total. The third kappa shape index (κ3) is 5.13. The summed E-state index contributed by atoms with van der Waals surface area (Å²) in [7, 11) is 0. The van der Waals surface area contributed by atoms with Gasteiger partial charge in [0.1, 0.15) is 12.1 Å². The van der Waals surface area contributed by atoms with Gasteiger partial charge in [0.05, 0.1) is 4.92 Å². The number of ether oxygens (including phenoxy) is 1. The monoisotopic (exact) mass is 419 g/mol. The molecule has 0 radical (unpaired) electrons. The van der Waals surface area contributed by atoms with Gasteiger partial charge in [0.25, 0.3) is 0 Å². The first-order valence-corrected chi connectivity index (χ1v) is 8.59. The summed E-state index contributed by atoms with van der Waals surface area (Å²) in [6.07, 6.45) is -3.67. The smallest absolute Gasteiger partial charge is 0.406 e. The Morgan fingerprint density at radius 1 is 1.00 bits per heavy atom. The molecule has 0 atom stereocenters. The van der Waals surface area contributed by atoms with Crippen LogP contribution in [0.15, 0.2) is 48.8 Å². The van der Waals surface area contributed by atoms with Gasteiger partial charge in [0, 0.05) is 11.4 Å². The van der Waals surface area contributed by atoms with Gasteiger partial charge in [-0.15, -0.1) is 13.2 Å². The first-order valence-electron chi connectivity index (χ1n) is 8.59. The molecule has 0 saturated carbocycles. The molecular formula is C19H16F3N5O3. The maximum Gasteiger partial charge on any atom is 0.573 e. The molecule has 2 aromatic carbocycles. The van der Waals surface area contributed by atoms with Gasteiger partial charge < -0.3 is 15.4 Å². The number of anilines is 4. The summed E-state index contributed by atoms with van der Waals surface area (Å²) in [5.74, 6) is -0.557. The first-order chi connectivity index (χ1) is 14.1. The third-order valence-corrected chi connectivity index (χ3v) is 4.00. The number of benzene rings is 2. The Labute approximate surface area is 168 Å². The zero-order chi connectivity index (χ0) is 21.9. The standard InChI is InChI=1S/C19H16F3N5O3/c1-11-3-4-12(2)15(9-11)26-18-16(27(28)29)17(23-10-24-18)25-13-5-7-14(8-6-13)30-19(20,21)22/h3-10H,1-2H3,(H2,23,24,25,26). The second-order valence-electron chi connectivity index (χ2n) is 6.32. The highest BCUT2D eigenvalue weighted by Crippen LogP contribution is 2.34. The highest BCUT2D eigenvalue weighted by molar-refractivity contribution is 5.77. The Morgan fingerprint density at radius 3 is 2.23 bits per heavy atom. The van der Waals surface area contributed by atoms with Crippen molar-refractivity contribution in [3.63, 3.8) is 0 Å². The highest BCUT2D eigenvalue weighted by atomic mass is 19.4. The van der Waals surface area contributed by atoms with E-state index in [0.29, 0.717) is 5.69 Å². The number of rotatable bonds is 6. The number of nitro groups is 1. The molecule has 11 heteroatoms. The number of hydrogen-bond acceptors (Lipinski definition) is 7. The van der Waals surface area contributed by atoms with E-state index in [1.165, 1.54) is 12.1 Å². The van der Waals surface area contributed by atoms with Crippen molar-refractivity contribution in [1.29, 1.82) is 0 Å². The van der Waals surface area contributed by atoms with Gasteiger partial charge in [-0.05, 0) is 55.3 Å². The lowest BCUT2D eigenvalue weighted by Crippen LogP contribution is -2.17. The van der Waals surface area contributed by atoms with Crippen molar-refractivity contribution in [2.45, 2.75) is 20.2 Å². The Kier molecular flexibility index (Phi) is 5.72. The van der Waals surface area contributed by atoms with E-state index in [4.69, 9.17) is 0 Å². The highest BCUT2D eigenvalue weighted by Gasteiger charge is 2.31. The van der Waals surface area contributed by atoms with Crippen molar-refractivity contribution >= 4 is 28.7 Å². The van der Waals surface area contributed by atoms with Crippen molar-refractivity contribution in [2.75, 3.05) is 10.6 Å². The number of hydrogen-bond donors (Lipinski definition) is 2. The molecule has 3 rings (SSSR count). The molecule has 0 spiro atoms. The van der Waals surface area contributed by atoms with Gasteiger partial charge in [-0.1, -0.05) is 12.1 Å². The lowest BCUT2D eigenvalue weighted by molar-refractivity contribution is -0.383. The molecule has 0 saturated heterocycles. The molecule has 30 heavy (non-hydrogen) atoms. The summed E-state index contributed by atoms with van der Waals surface area (Å²) >= 11 is 0. The predicted molar refractivity (Wildman–Crippen MR) is 104 cm³/mol. The zero-order valence-electron chi connectivity index (χ0n) is 15.8. The van der Waals surface area contributed by atoms with E-state index >= 15 is 0 Å². The Bertz CT molecular complexity index is 1070. The number of halogens is 3.